The number of rotatable bonds is 4. The highest BCUT2D eigenvalue weighted by atomic mass is 19.4. The molecule has 26 heavy (non-hydrogen) atoms. The molecular weight excluding hydrogens is 347 g/mol. The molecule has 2 fully saturated rings. The Morgan fingerprint density at radius 2 is 1.77 bits per heavy atom. The van der Waals surface area contributed by atoms with Crippen LogP contribution in [0.1, 0.15) is 44.6 Å². The number of nitrogens with one attached hydrogen (secondary N) is 3. The predicted molar refractivity (Wildman–Crippen MR) is 91.7 cm³/mol. The molecule has 3 rings (SSSR count). The largest absolute Gasteiger partial charge is 0.416 e. The minimum atomic E-state index is -4.53. The van der Waals surface area contributed by atoms with Crippen LogP contribution in [-0.2, 0) is 15.8 Å². The highest BCUT2D eigenvalue weighted by Gasteiger charge is 2.34. The van der Waals surface area contributed by atoms with Gasteiger partial charge in [0, 0.05) is 25.4 Å². The fraction of sp³-hybridized carbons (Fsp3) is 0.556. The fourth-order valence-electron chi connectivity index (χ4n) is 3.93. The van der Waals surface area contributed by atoms with E-state index >= 15 is 0 Å². The van der Waals surface area contributed by atoms with Gasteiger partial charge in [-0.3, -0.25) is 9.59 Å². The van der Waals surface area contributed by atoms with Crippen LogP contribution < -0.4 is 16.0 Å². The Hall–Kier alpha value is -2.09. The van der Waals surface area contributed by atoms with Crippen LogP contribution in [0.15, 0.2) is 18.2 Å². The van der Waals surface area contributed by atoms with Crippen LogP contribution in [-0.4, -0.2) is 23.9 Å². The summed E-state index contributed by atoms with van der Waals surface area (Å²) < 4.78 is 38.9. The lowest BCUT2D eigenvalue weighted by molar-refractivity contribution is -0.137. The predicted octanol–water partition coefficient (Wildman–Crippen LogP) is 3.52. The highest BCUT2D eigenvalue weighted by molar-refractivity contribution is 5.99. The molecule has 2 atom stereocenters. The second-order valence-corrected chi connectivity index (χ2v) is 7.17. The number of halogens is 3. The molecule has 0 aliphatic carbocycles. The first-order chi connectivity index (χ1) is 12.2. The summed E-state index contributed by atoms with van der Waals surface area (Å²) in [5.41, 5.74) is -0.747. The number of amides is 2. The van der Waals surface area contributed by atoms with Crippen LogP contribution in [0, 0.1) is 5.92 Å². The third-order valence-electron chi connectivity index (χ3n) is 4.98. The molecule has 2 aliphatic heterocycles. The maximum Gasteiger partial charge on any atom is 0.416 e. The Bertz CT molecular complexity index is 693. The van der Waals surface area contributed by atoms with Gasteiger partial charge in [0.05, 0.1) is 16.9 Å². The molecule has 2 bridgehead atoms. The smallest absolute Gasteiger partial charge is 0.325 e. The van der Waals surface area contributed by atoms with Gasteiger partial charge in [0.1, 0.15) is 0 Å². The number of hydrogen-bond acceptors (Lipinski definition) is 3. The molecule has 2 amide bonds. The van der Waals surface area contributed by atoms with Gasteiger partial charge in [-0.2, -0.15) is 13.2 Å². The SMILES string of the molecule is CC(=O)Nc1ccc(C(F)(F)F)cc1NC(=O)CC1CC2CCC(C1)N2. The summed E-state index contributed by atoms with van der Waals surface area (Å²) in [5.74, 6) is -0.527. The summed E-state index contributed by atoms with van der Waals surface area (Å²) in [7, 11) is 0. The Labute approximate surface area is 149 Å². The molecule has 2 heterocycles. The van der Waals surface area contributed by atoms with Crippen LogP contribution >= 0.6 is 0 Å². The monoisotopic (exact) mass is 369 g/mol. The number of alkyl halides is 3. The molecule has 0 aromatic heterocycles. The van der Waals surface area contributed by atoms with Gasteiger partial charge in [-0.05, 0) is 49.8 Å². The Morgan fingerprint density at radius 1 is 1.12 bits per heavy atom. The van der Waals surface area contributed by atoms with E-state index in [2.05, 4.69) is 16.0 Å². The van der Waals surface area contributed by atoms with Gasteiger partial charge in [0.2, 0.25) is 11.8 Å². The van der Waals surface area contributed by atoms with Crippen LogP contribution in [0.4, 0.5) is 24.5 Å². The molecule has 2 saturated heterocycles. The first kappa shape index (κ1) is 18.7. The van der Waals surface area contributed by atoms with E-state index in [4.69, 9.17) is 0 Å². The molecule has 0 spiro atoms. The first-order valence-corrected chi connectivity index (χ1v) is 8.75. The molecule has 2 aliphatic rings. The van der Waals surface area contributed by atoms with Crippen molar-refractivity contribution < 1.29 is 22.8 Å². The van der Waals surface area contributed by atoms with E-state index in [1.54, 1.807) is 0 Å². The zero-order chi connectivity index (χ0) is 18.9. The van der Waals surface area contributed by atoms with Gasteiger partial charge < -0.3 is 16.0 Å². The maximum atomic E-state index is 13.0. The zero-order valence-electron chi connectivity index (χ0n) is 14.5. The minimum Gasteiger partial charge on any atom is -0.325 e. The molecule has 1 aromatic rings. The minimum absolute atomic E-state index is 0.0306. The summed E-state index contributed by atoms with van der Waals surface area (Å²) >= 11 is 0. The third-order valence-corrected chi connectivity index (χ3v) is 4.98. The number of benzene rings is 1. The van der Waals surface area contributed by atoms with Crippen LogP contribution in [0.3, 0.4) is 0 Å². The number of hydrogen-bond donors (Lipinski definition) is 3. The fourth-order valence-corrected chi connectivity index (χ4v) is 3.93. The van der Waals surface area contributed by atoms with Crippen molar-refractivity contribution in [2.24, 2.45) is 5.92 Å². The van der Waals surface area contributed by atoms with E-state index in [1.165, 1.54) is 6.92 Å². The van der Waals surface area contributed by atoms with Crippen LogP contribution in [0.2, 0.25) is 0 Å². The number of carbonyl (C=O) groups is 2. The molecule has 3 N–H and O–H groups in total. The van der Waals surface area contributed by atoms with Crippen LogP contribution in [0.5, 0.6) is 0 Å². The van der Waals surface area contributed by atoms with Crippen molar-refractivity contribution in [3.8, 4) is 0 Å². The molecule has 0 radical (unpaired) electrons. The van der Waals surface area contributed by atoms with E-state index in [0.29, 0.717) is 12.1 Å². The number of carbonyl (C=O) groups excluding carboxylic acids is 2. The summed E-state index contributed by atoms with van der Waals surface area (Å²) in [6.45, 7) is 1.26. The van der Waals surface area contributed by atoms with Gasteiger partial charge in [0.25, 0.3) is 0 Å². The van der Waals surface area contributed by atoms with E-state index in [1.807, 2.05) is 0 Å². The Balaban J connectivity index is 1.71. The number of anilines is 2. The van der Waals surface area contributed by atoms with Gasteiger partial charge in [-0.1, -0.05) is 0 Å². The molecule has 0 saturated carbocycles. The first-order valence-electron chi connectivity index (χ1n) is 8.75. The highest BCUT2D eigenvalue weighted by Crippen LogP contribution is 2.35. The van der Waals surface area contributed by atoms with Crippen molar-refractivity contribution in [1.82, 2.24) is 5.32 Å². The molecule has 142 valence electrons. The van der Waals surface area contributed by atoms with Crippen molar-refractivity contribution in [2.75, 3.05) is 10.6 Å². The van der Waals surface area contributed by atoms with Gasteiger partial charge in [-0.15, -0.1) is 0 Å². The summed E-state index contributed by atoms with van der Waals surface area (Å²) in [6.07, 6.45) is -0.213. The lowest BCUT2D eigenvalue weighted by atomic mass is 9.89. The summed E-state index contributed by atoms with van der Waals surface area (Å²) in [5, 5.41) is 8.50. The van der Waals surface area contributed by atoms with Crippen LogP contribution in [0.25, 0.3) is 0 Å². The van der Waals surface area contributed by atoms with Gasteiger partial charge in [0.15, 0.2) is 0 Å². The normalized spacial score (nSPS) is 25.0. The molecule has 8 heteroatoms. The quantitative estimate of drug-likeness (QED) is 0.761. The van der Waals surface area contributed by atoms with E-state index in [9.17, 15) is 22.8 Å². The van der Waals surface area contributed by atoms with Crippen molar-refractivity contribution in [1.29, 1.82) is 0 Å². The average molecular weight is 369 g/mol. The maximum absolute atomic E-state index is 13.0. The molecular formula is C18H22F3N3O2. The average Bonchev–Trinajstić information content (AvgIpc) is 2.86. The lowest BCUT2D eigenvalue weighted by Gasteiger charge is -2.28. The van der Waals surface area contributed by atoms with E-state index < -0.39 is 17.6 Å². The molecule has 1 aromatic carbocycles. The summed E-state index contributed by atoms with van der Waals surface area (Å²) in [6, 6.07) is 3.77. The zero-order valence-corrected chi connectivity index (χ0v) is 14.5. The molecule has 2 unspecified atom stereocenters. The Kier molecular flexibility index (Phi) is 5.22. The van der Waals surface area contributed by atoms with Gasteiger partial charge >= 0.3 is 6.18 Å². The summed E-state index contributed by atoms with van der Waals surface area (Å²) in [4.78, 5) is 23.7. The van der Waals surface area contributed by atoms with E-state index in [-0.39, 0.29) is 29.6 Å². The van der Waals surface area contributed by atoms with E-state index in [0.717, 1.165) is 43.9 Å². The third kappa shape index (κ3) is 4.55. The van der Waals surface area contributed by atoms with Crippen molar-refractivity contribution in [3.05, 3.63) is 23.8 Å². The van der Waals surface area contributed by atoms with Crippen molar-refractivity contribution in [2.45, 2.75) is 57.3 Å². The van der Waals surface area contributed by atoms with Gasteiger partial charge in [-0.25, -0.2) is 0 Å². The second kappa shape index (κ2) is 7.26. The Morgan fingerprint density at radius 3 is 2.35 bits per heavy atom. The molecule has 5 nitrogen and oxygen atoms in total. The van der Waals surface area contributed by atoms with Crippen molar-refractivity contribution >= 4 is 23.2 Å². The number of piperidine rings is 1. The topological polar surface area (TPSA) is 70.2 Å². The lowest BCUT2D eigenvalue weighted by Crippen LogP contribution is -2.39. The standard InChI is InChI=1S/C18H22F3N3O2/c1-10(25)22-15-5-2-12(18(19,20)21)9-16(15)24-17(26)8-11-6-13-3-4-14(7-11)23-13/h2,5,9,11,13-14,23H,3-4,6-8H2,1H3,(H,22,25)(H,24,26). The second-order valence-electron chi connectivity index (χ2n) is 7.17. The number of fused-ring (bicyclic) bond motifs is 2. The van der Waals surface area contributed by atoms with Crippen molar-refractivity contribution in [3.63, 3.8) is 0 Å².